The van der Waals surface area contributed by atoms with Gasteiger partial charge in [-0.05, 0) is 37.8 Å². The van der Waals surface area contributed by atoms with E-state index in [1.165, 1.54) is 37.4 Å². The van der Waals surface area contributed by atoms with Crippen LogP contribution in [-0.2, 0) is 5.88 Å². The second-order valence-corrected chi connectivity index (χ2v) is 7.09. The van der Waals surface area contributed by atoms with Gasteiger partial charge in [-0.15, -0.1) is 22.9 Å². The van der Waals surface area contributed by atoms with Gasteiger partial charge < -0.3 is 0 Å². The summed E-state index contributed by atoms with van der Waals surface area (Å²) in [6, 6.07) is 0.489. The van der Waals surface area contributed by atoms with Crippen molar-refractivity contribution in [2.24, 2.45) is 5.41 Å². The van der Waals surface area contributed by atoms with E-state index in [1.54, 1.807) is 11.3 Å². The Balaban J connectivity index is 2.03. The molecule has 4 heteroatoms. The van der Waals surface area contributed by atoms with Gasteiger partial charge in [-0.3, -0.25) is 4.90 Å². The van der Waals surface area contributed by atoms with Gasteiger partial charge in [-0.2, -0.15) is 0 Å². The van der Waals surface area contributed by atoms with E-state index in [0.717, 1.165) is 12.1 Å². The summed E-state index contributed by atoms with van der Waals surface area (Å²) >= 11 is 7.63. The topological polar surface area (TPSA) is 16.1 Å². The third-order valence-electron chi connectivity index (χ3n) is 4.68. The number of alkyl halides is 1. The molecule has 2 heterocycles. The molecule has 0 amide bonds. The number of nitrogens with zero attached hydrogens (tertiary/aromatic N) is 2. The molecule has 1 aromatic heterocycles. The fourth-order valence-corrected chi connectivity index (χ4v) is 4.12. The van der Waals surface area contributed by atoms with Crippen molar-refractivity contribution in [3.05, 3.63) is 16.1 Å². The molecule has 1 fully saturated rings. The van der Waals surface area contributed by atoms with E-state index in [4.69, 9.17) is 11.6 Å². The van der Waals surface area contributed by atoms with Gasteiger partial charge in [0.05, 0.1) is 17.6 Å². The van der Waals surface area contributed by atoms with Crippen LogP contribution in [0.1, 0.15) is 63.2 Å². The van der Waals surface area contributed by atoms with E-state index in [0.29, 0.717) is 17.3 Å². The first-order chi connectivity index (χ1) is 9.11. The molecule has 1 aromatic rings. The Hall–Kier alpha value is -0.120. The van der Waals surface area contributed by atoms with E-state index < -0.39 is 0 Å². The summed E-state index contributed by atoms with van der Waals surface area (Å²) in [6.45, 7) is 9.43. The van der Waals surface area contributed by atoms with Crippen LogP contribution in [0.25, 0.3) is 0 Å². The van der Waals surface area contributed by atoms with Crippen molar-refractivity contribution in [3.8, 4) is 0 Å². The second-order valence-electron chi connectivity index (χ2n) is 5.93. The largest absolute Gasteiger partial charge is 0.294 e. The van der Waals surface area contributed by atoms with Gasteiger partial charge in [0.2, 0.25) is 0 Å². The van der Waals surface area contributed by atoms with Crippen molar-refractivity contribution < 1.29 is 0 Å². The van der Waals surface area contributed by atoms with Crippen LogP contribution in [0.2, 0.25) is 0 Å². The summed E-state index contributed by atoms with van der Waals surface area (Å²) in [5.74, 6) is 0.529. The van der Waals surface area contributed by atoms with Gasteiger partial charge in [0, 0.05) is 5.38 Å². The normalized spacial score (nSPS) is 21.5. The van der Waals surface area contributed by atoms with Crippen LogP contribution in [0.4, 0.5) is 0 Å². The maximum atomic E-state index is 5.86. The minimum Gasteiger partial charge on any atom is -0.294 e. The average molecular weight is 301 g/mol. The molecular weight excluding hydrogens is 276 g/mol. The van der Waals surface area contributed by atoms with Crippen molar-refractivity contribution in [2.75, 3.05) is 13.1 Å². The average Bonchev–Trinajstić information content (AvgIpc) is 2.91. The second kappa shape index (κ2) is 6.55. The lowest BCUT2D eigenvalue weighted by Crippen LogP contribution is -2.40. The lowest BCUT2D eigenvalue weighted by Gasteiger charge is -2.41. The van der Waals surface area contributed by atoms with Crippen LogP contribution < -0.4 is 0 Å². The Bertz CT molecular complexity index is 397. The molecule has 0 radical (unpaired) electrons. The minimum atomic E-state index is 0.489. The molecule has 108 valence electrons. The smallest absolute Gasteiger partial charge is 0.110 e. The van der Waals surface area contributed by atoms with E-state index in [2.05, 4.69) is 36.0 Å². The maximum Gasteiger partial charge on any atom is 0.110 e. The molecule has 1 aliphatic rings. The number of aromatic nitrogens is 1. The zero-order chi connectivity index (χ0) is 13.9. The van der Waals surface area contributed by atoms with Crippen LogP contribution in [0.15, 0.2) is 5.38 Å². The highest BCUT2D eigenvalue weighted by Gasteiger charge is 2.32. The van der Waals surface area contributed by atoms with E-state index >= 15 is 0 Å². The first kappa shape index (κ1) is 15.3. The number of piperidine rings is 1. The highest BCUT2D eigenvalue weighted by Crippen LogP contribution is 2.38. The predicted octanol–water partition coefficient (Wildman–Crippen LogP) is 4.85. The van der Waals surface area contributed by atoms with Gasteiger partial charge >= 0.3 is 0 Å². The van der Waals surface area contributed by atoms with Gasteiger partial charge in [0.1, 0.15) is 5.01 Å². The Morgan fingerprint density at radius 3 is 2.58 bits per heavy atom. The van der Waals surface area contributed by atoms with Crippen LogP contribution in [0, 0.1) is 5.41 Å². The Labute approximate surface area is 126 Å². The van der Waals surface area contributed by atoms with E-state index in [9.17, 15) is 0 Å². The molecule has 19 heavy (non-hydrogen) atoms. The fraction of sp³-hybridized carbons (Fsp3) is 0.800. The molecule has 0 saturated carbocycles. The monoisotopic (exact) mass is 300 g/mol. The molecule has 1 atom stereocenters. The number of rotatable bonds is 5. The summed E-state index contributed by atoms with van der Waals surface area (Å²) in [5.41, 5.74) is 1.58. The molecule has 0 aliphatic carbocycles. The zero-order valence-corrected chi connectivity index (χ0v) is 13.9. The van der Waals surface area contributed by atoms with Crippen LogP contribution in [0.5, 0.6) is 0 Å². The van der Waals surface area contributed by atoms with Crippen LogP contribution in [0.3, 0.4) is 0 Å². The fourth-order valence-electron chi connectivity index (χ4n) is 2.86. The molecular formula is C15H25ClN2S. The number of hydrogen-bond donors (Lipinski definition) is 0. The molecule has 2 rings (SSSR count). The third kappa shape index (κ3) is 3.50. The number of likely N-dealkylation sites (tertiary alicyclic amines) is 1. The summed E-state index contributed by atoms with van der Waals surface area (Å²) in [5, 5.41) is 3.35. The first-order valence-corrected chi connectivity index (χ1v) is 8.77. The maximum absolute atomic E-state index is 5.86. The van der Waals surface area contributed by atoms with Crippen molar-refractivity contribution in [1.29, 1.82) is 0 Å². The minimum absolute atomic E-state index is 0.489. The van der Waals surface area contributed by atoms with Crippen molar-refractivity contribution in [3.63, 3.8) is 0 Å². The number of halogens is 1. The Morgan fingerprint density at radius 2 is 2.11 bits per heavy atom. The third-order valence-corrected chi connectivity index (χ3v) is 5.95. The highest BCUT2D eigenvalue weighted by atomic mass is 35.5. The van der Waals surface area contributed by atoms with Crippen molar-refractivity contribution in [2.45, 2.75) is 58.4 Å². The van der Waals surface area contributed by atoms with Crippen LogP contribution >= 0.6 is 22.9 Å². The Kier molecular flexibility index (Phi) is 5.27. The first-order valence-electron chi connectivity index (χ1n) is 7.36. The lowest BCUT2D eigenvalue weighted by atomic mass is 9.78. The molecule has 0 bridgehead atoms. The molecule has 1 aliphatic heterocycles. The van der Waals surface area contributed by atoms with E-state index in [1.807, 2.05) is 0 Å². The summed E-state index contributed by atoms with van der Waals surface area (Å²) < 4.78 is 0. The van der Waals surface area contributed by atoms with Crippen LogP contribution in [-0.4, -0.2) is 23.0 Å². The molecule has 0 N–H and O–H groups in total. The zero-order valence-electron chi connectivity index (χ0n) is 12.3. The van der Waals surface area contributed by atoms with Crippen molar-refractivity contribution in [1.82, 2.24) is 9.88 Å². The SMILES string of the molecule is CCC(c1nc(CCl)cs1)N1CCC(C)(CC)CC1. The molecule has 0 aromatic carbocycles. The lowest BCUT2D eigenvalue weighted by molar-refractivity contribution is 0.0784. The molecule has 2 nitrogen and oxygen atoms in total. The summed E-state index contributed by atoms with van der Waals surface area (Å²) in [7, 11) is 0. The molecule has 1 unspecified atom stereocenters. The molecule has 0 spiro atoms. The highest BCUT2D eigenvalue weighted by molar-refractivity contribution is 7.09. The van der Waals surface area contributed by atoms with Gasteiger partial charge in [-0.25, -0.2) is 4.98 Å². The van der Waals surface area contributed by atoms with Crippen molar-refractivity contribution >= 4 is 22.9 Å². The standard InChI is InChI=1S/C15H25ClN2S/c1-4-13(14-17-12(10-16)11-19-14)18-8-6-15(3,5-2)7-9-18/h11,13H,4-10H2,1-3H3. The number of thiazole rings is 1. The van der Waals surface area contributed by atoms with Gasteiger partial charge in [-0.1, -0.05) is 27.2 Å². The predicted molar refractivity (Wildman–Crippen MR) is 83.9 cm³/mol. The number of hydrogen-bond acceptors (Lipinski definition) is 3. The molecule has 1 saturated heterocycles. The van der Waals surface area contributed by atoms with Gasteiger partial charge in [0.25, 0.3) is 0 Å². The summed E-state index contributed by atoms with van der Waals surface area (Å²) in [4.78, 5) is 7.30. The van der Waals surface area contributed by atoms with Gasteiger partial charge in [0.15, 0.2) is 0 Å². The quantitative estimate of drug-likeness (QED) is 0.723. The summed E-state index contributed by atoms with van der Waals surface area (Å²) in [6.07, 6.45) is 5.06. The Morgan fingerprint density at radius 1 is 1.42 bits per heavy atom. The van der Waals surface area contributed by atoms with E-state index in [-0.39, 0.29) is 0 Å².